The molecular formula is C13H14ClF2NO3. The third-order valence-corrected chi connectivity index (χ3v) is 3.49. The lowest BCUT2D eigenvalue weighted by Crippen LogP contribution is -2.49. The van der Waals surface area contributed by atoms with Crippen LogP contribution in [-0.2, 0) is 16.0 Å². The Labute approximate surface area is 119 Å². The highest BCUT2D eigenvalue weighted by molar-refractivity contribution is 6.31. The fourth-order valence-electron chi connectivity index (χ4n) is 2.02. The van der Waals surface area contributed by atoms with Crippen molar-refractivity contribution in [3.8, 4) is 0 Å². The van der Waals surface area contributed by atoms with Crippen LogP contribution in [0.25, 0.3) is 0 Å². The SMILES string of the molecule is O=C(Cc1ccc(F)c(Cl)c1F)N[C@@H]1CCOC[C@H]1O. The molecule has 0 saturated carbocycles. The van der Waals surface area contributed by atoms with Crippen LogP contribution in [0.15, 0.2) is 12.1 Å². The summed E-state index contributed by atoms with van der Waals surface area (Å²) in [6, 6.07) is 1.77. The molecular weight excluding hydrogens is 292 g/mol. The highest BCUT2D eigenvalue weighted by Crippen LogP contribution is 2.22. The number of amides is 1. The lowest BCUT2D eigenvalue weighted by atomic mass is 10.1. The summed E-state index contributed by atoms with van der Waals surface area (Å²) >= 11 is 5.44. The summed E-state index contributed by atoms with van der Waals surface area (Å²) < 4.78 is 31.7. The molecule has 1 aromatic carbocycles. The van der Waals surface area contributed by atoms with E-state index in [-0.39, 0.29) is 18.6 Å². The Balaban J connectivity index is 1.99. The first-order chi connectivity index (χ1) is 9.49. The Morgan fingerprint density at radius 3 is 2.95 bits per heavy atom. The van der Waals surface area contributed by atoms with E-state index in [1.807, 2.05) is 0 Å². The van der Waals surface area contributed by atoms with E-state index in [0.29, 0.717) is 13.0 Å². The second-order valence-electron chi connectivity index (χ2n) is 4.62. The van der Waals surface area contributed by atoms with Gasteiger partial charge in [-0.05, 0) is 18.1 Å². The number of nitrogens with one attached hydrogen (secondary N) is 1. The summed E-state index contributed by atoms with van der Waals surface area (Å²) in [4.78, 5) is 11.8. The predicted molar refractivity (Wildman–Crippen MR) is 68.4 cm³/mol. The molecule has 110 valence electrons. The third kappa shape index (κ3) is 3.45. The van der Waals surface area contributed by atoms with Gasteiger partial charge in [0, 0.05) is 6.61 Å². The van der Waals surface area contributed by atoms with Crippen molar-refractivity contribution in [2.24, 2.45) is 0 Å². The molecule has 1 aliphatic rings. The Morgan fingerprint density at radius 2 is 2.25 bits per heavy atom. The van der Waals surface area contributed by atoms with E-state index < -0.39 is 34.7 Å². The molecule has 2 N–H and O–H groups in total. The molecule has 0 bridgehead atoms. The smallest absolute Gasteiger partial charge is 0.224 e. The molecule has 0 spiro atoms. The minimum absolute atomic E-state index is 0.00968. The average Bonchev–Trinajstić information content (AvgIpc) is 2.42. The van der Waals surface area contributed by atoms with Gasteiger partial charge in [-0.15, -0.1) is 0 Å². The van der Waals surface area contributed by atoms with E-state index in [4.69, 9.17) is 16.3 Å². The molecule has 4 nitrogen and oxygen atoms in total. The molecule has 0 unspecified atom stereocenters. The van der Waals surface area contributed by atoms with Crippen LogP contribution in [0.3, 0.4) is 0 Å². The van der Waals surface area contributed by atoms with Gasteiger partial charge in [-0.2, -0.15) is 0 Å². The molecule has 20 heavy (non-hydrogen) atoms. The highest BCUT2D eigenvalue weighted by Gasteiger charge is 2.25. The molecule has 1 heterocycles. The molecule has 7 heteroatoms. The number of halogens is 3. The highest BCUT2D eigenvalue weighted by atomic mass is 35.5. The minimum atomic E-state index is -0.936. The molecule has 0 aliphatic carbocycles. The van der Waals surface area contributed by atoms with Gasteiger partial charge in [-0.1, -0.05) is 17.7 Å². The largest absolute Gasteiger partial charge is 0.389 e. The molecule has 2 atom stereocenters. The molecule has 1 saturated heterocycles. The van der Waals surface area contributed by atoms with Gasteiger partial charge in [-0.25, -0.2) is 8.78 Å². The zero-order valence-electron chi connectivity index (χ0n) is 10.5. The summed E-state index contributed by atoms with van der Waals surface area (Å²) in [6.45, 7) is 0.598. The summed E-state index contributed by atoms with van der Waals surface area (Å²) in [7, 11) is 0. The number of benzene rings is 1. The number of carbonyl (C=O) groups is 1. The molecule has 1 fully saturated rings. The van der Waals surface area contributed by atoms with Crippen LogP contribution >= 0.6 is 11.6 Å². The predicted octanol–water partition coefficient (Wildman–Crippen LogP) is 1.43. The van der Waals surface area contributed by atoms with E-state index in [9.17, 15) is 18.7 Å². The Kier molecular flexibility index (Phi) is 4.91. The first-order valence-corrected chi connectivity index (χ1v) is 6.54. The number of hydrogen-bond donors (Lipinski definition) is 2. The molecule has 0 radical (unpaired) electrons. The lowest BCUT2D eigenvalue weighted by Gasteiger charge is -2.28. The van der Waals surface area contributed by atoms with Gasteiger partial charge in [0.2, 0.25) is 5.91 Å². The second kappa shape index (κ2) is 6.47. The zero-order valence-corrected chi connectivity index (χ0v) is 11.3. The Bertz CT molecular complexity index is 513. The molecule has 0 aromatic heterocycles. The molecule has 1 aliphatic heterocycles. The van der Waals surface area contributed by atoms with Crippen molar-refractivity contribution in [1.29, 1.82) is 0 Å². The van der Waals surface area contributed by atoms with Gasteiger partial charge in [-0.3, -0.25) is 4.79 Å². The van der Waals surface area contributed by atoms with Gasteiger partial charge < -0.3 is 15.2 Å². The van der Waals surface area contributed by atoms with E-state index in [2.05, 4.69) is 5.32 Å². The van der Waals surface area contributed by atoms with Crippen LogP contribution in [-0.4, -0.2) is 36.4 Å². The van der Waals surface area contributed by atoms with E-state index >= 15 is 0 Å². The van der Waals surface area contributed by atoms with Crippen molar-refractivity contribution >= 4 is 17.5 Å². The zero-order chi connectivity index (χ0) is 14.7. The van der Waals surface area contributed by atoms with Crippen molar-refractivity contribution < 1.29 is 23.4 Å². The number of ether oxygens (including phenoxy) is 1. The van der Waals surface area contributed by atoms with Gasteiger partial charge >= 0.3 is 0 Å². The van der Waals surface area contributed by atoms with Crippen LogP contribution in [0.2, 0.25) is 5.02 Å². The molecule has 2 rings (SSSR count). The van der Waals surface area contributed by atoms with Crippen LogP contribution < -0.4 is 5.32 Å². The van der Waals surface area contributed by atoms with E-state index in [1.54, 1.807) is 0 Å². The maximum Gasteiger partial charge on any atom is 0.224 e. The normalized spacial score (nSPS) is 22.6. The average molecular weight is 306 g/mol. The van der Waals surface area contributed by atoms with Crippen molar-refractivity contribution in [3.63, 3.8) is 0 Å². The number of rotatable bonds is 3. The van der Waals surface area contributed by atoms with Crippen molar-refractivity contribution in [2.45, 2.75) is 25.0 Å². The first kappa shape index (κ1) is 15.2. The van der Waals surface area contributed by atoms with E-state index in [1.165, 1.54) is 6.07 Å². The molecule has 1 amide bonds. The summed E-state index contributed by atoms with van der Waals surface area (Å²) in [5.74, 6) is -2.26. The van der Waals surface area contributed by atoms with Crippen molar-refractivity contribution in [2.75, 3.05) is 13.2 Å². The van der Waals surface area contributed by atoms with Crippen molar-refractivity contribution in [1.82, 2.24) is 5.32 Å². The number of aliphatic hydroxyl groups is 1. The van der Waals surface area contributed by atoms with Gasteiger partial charge in [0.05, 0.1) is 25.2 Å². The second-order valence-corrected chi connectivity index (χ2v) is 4.99. The summed E-state index contributed by atoms with van der Waals surface area (Å²) in [5.41, 5.74) is 0.00968. The lowest BCUT2D eigenvalue weighted by molar-refractivity contribution is -0.123. The quantitative estimate of drug-likeness (QED) is 0.831. The minimum Gasteiger partial charge on any atom is -0.389 e. The maximum atomic E-state index is 13.7. The summed E-state index contributed by atoms with van der Waals surface area (Å²) in [6.07, 6.45) is -0.565. The van der Waals surface area contributed by atoms with Gasteiger partial charge in [0.25, 0.3) is 0 Å². The first-order valence-electron chi connectivity index (χ1n) is 6.16. The topological polar surface area (TPSA) is 58.6 Å². The third-order valence-electron chi connectivity index (χ3n) is 3.14. The monoisotopic (exact) mass is 305 g/mol. The fraction of sp³-hybridized carbons (Fsp3) is 0.462. The van der Waals surface area contributed by atoms with Gasteiger partial charge in [0.15, 0.2) is 0 Å². The maximum absolute atomic E-state index is 13.7. The van der Waals surface area contributed by atoms with Crippen molar-refractivity contribution in [3.05, 3.63) is 34.4 Å². The molecule has 1 aromatic rings. The van der Waals surface area contributed by atoms with Crippen LogP contribution in [0, 0.1) is 11.6 Å². The standard InChI is InChI=1S/C13H14ClF2NO3/c14-12-8(15)2-1-7(13(12)16)5-11(19)17-9-3-4-20-6-10(9)18/h1-2,9-10,18H,3-6H2,(H,17,19)/t9-,10-/m1/s1. The number of hydrogen-bond acceptors (Lipinski definition) is 3. The van der Waals surface area contributed by atoms with Gasteiger partial charge in [0.1, 0.15) is 16.7 Å². The Morgan fingerprint density at radius 1 is 1.50 bits per heavy atom. The number of carbonyl (C=O) groups excluding carboxylic acids is 1. The van der Waals surface area contributed by atoms with Crippen LogP contribution in [0.5, 0.6) is 0 Å². The van der Waals surface area contributed by atoms with Crippen LogP contribution in [0.4, 0.5) is 8.78 Å². The number of aliphatic hydroxyl groups excluding tert-OH is 1. The van der Waals surface area contributed by atoms with Crippen LogP contribution in [0.1, 0.15) is 12.0 Å². The fourth-order valence-corrected chi connectivity index (χ4v) is 2.21. The Hall–Kier alpha value is -1.24. The summed E-state index contributed by atoms with van der Waals surface area (Å²) in [5, 5.41) is 11.6. The van der Waals surface area contributed by atoms with E-state index in [0.717, 1.165) is 6.07 Å².